The molecular formula is C26H25BClFN2O4S. The highest BCUT2D eigenvalue weighted by molar-refractivity contribution is 7.90. The van der Waals surface area contributed by atoms with Crippen LogP contribution in [0.1, 0.15) is 33.3 Å². The zero-order valence-electron chi connectivity index (χ0n) is 20.5. The Kier molecular flexibility index (Phi) is 5.83. The largest absolute Gasteiger partial charge is 0.496 e. The molecule has 0 N–H and O–H groups in total. The molecule has 10 heteroatoms. The second-order valence-corrected chi connectivity index (χ2v) is 12.1. The number of rotatable bonds is 4. The van der Waals surface area contributed by atoms with E-state index >= 15 is 0 Å². The Morgan fingerprint density at radius 2 is 1.64 bits per heavy atom. The Labute approximate surface area is 215 Å². The third-order valence-corrected chi connectivity index (χ3v) is 9.09. The summed E-state index contributed by atoms with van der Waals surface area (Å²) >= 11 is 6.77. The minimum absolute atomic E-state index is 0.0644. The minimum Gasteiger partial charge on any atom is -0.399 e. The van der Waals surface area contributed by atoms with Gasteiger partial charge in [0.1, 0.15) is 11.0 Å². The first-order valence-electron chi connectivity index (χ1n) is 11.5. The van der Waals surface area contributed by atoms with Crippen molar-refractivity contribution in [2.45, 2.75) is 50.7 Å². The smallest absolute Gasteiger partial charge is 0.399 e. The van der Waals surface area contributed by atoms with E-state index in [2.05, 4.69) is 4.98 Å². The molecule has 0 amide bonds. The second kappa shape index (κ2) is 8.41. The first-order chi connectivity index (χ1) is 16.8. The molecule has 0 bridgehead atoms. The van der Waals surface area contributed by atoms with E-state index in [0.717, 1.165) is 9.54 Å². The van der Waals surface area contributed by atoms with E-state index in [1.54, 1.807) is 30.3 Å². The molecule has 0 atom stereocenters. The van der Waals surface area contributed by atoms with Crippen molar-refractivity contribution in [3.8, 4) is 11.1 Å². The molecular weight excluding hydrogens is 502 g/mol. The number of fused-ring (bicyclic) bond motifs is 1. The van der Waals surface area contributed by atoms with Gasteiger partial charge in [0.2, 0.25) is 0 Å². The van der Waals surface area contributed by atoms with E-state index in [0.29, 0.717) is 22.0 Å². The Bertz CT molecular complexity index is 1580. The number of pyridine rings is 1. The first kappa shape index (κ1) is 25.0. The Balaban J connectivity index is 1.76. The molecule has 4 aromatic rings. The number of aromatic nitrogens is 2. The predicted molar refractivity (Wildman–Crippen MR) is 140 cm³/mol. The fourth-order valence-electron chi connectivity index (χ4n) is 4.19. The molecule has 0 aliphatic carbocycles. The van der Waals surface area contributed by atoms with Crippen LogP contribution in [-0.4, -0.2) is 35.7 Å². The van der Waals surface area contributed by atoms with E-state index < -0.39 is 34.2 Å². The van der Waals surface area contributed by atoms with Crippen molar-refractivity contribution >= 4 is 45.2 Å². The van der Waals surface area contributed by atoms with Crippen LogP contribution >= 0.6 is 11.6 Å². The lowest BCUT2D eigenvalue weighted by molar-refractivity contribution is 0.00578. The standard InChI is InChI=1S/C26H25BClFN2O4S/c1-16-9-11-20(12-10-16)36(32,33)31-23(28)22(17-7-6-8-19(29)13-17)21-14-18(15-30-24(21)31)27-34-25(2,3)26(4,5)35-27/h6-15H,1-5H3. The zero-order chi connectivity index (χ0) is 26.0. The van der Waals surface area contributed by atoms with Crippen molar-refractivity contribution in [2.24, 2.45) is 0 Å². The van der Waals surface area contributed by atoms with Gasteiger partial charge in [-0.15, -0.1) is 0 Å². The molecule has 2 aromatic carbocycles. The van der Waals surface area contributed by atoms with E-state index in [-0.39, 0.29) is 15.7 Å². The highest BCUT2D eigenvalue weighted by Crippen LogP contribution is 2.41. The van der Waals surface area contributed by atoms with Crippen molar-refractivity contribution in [2.75, 3.05) is 0 Å². The number of nitrogens with zero attached hydrogens (tertiary/aromatic N) is 2. The lowest BCUT2D eigenvalue weighted by Crippen LogP contribution is -2.41. The summed E-state index contributed by atoms with van der Waals surface area (Å²) in [6, 6.07) is 14.1. The van der Waals surface area contributed by atoms with Crippen LogP contribution in [0.3, 0.4) is 0 Å². The number of hydrogen-bond donors (Lipinski definition) is 0. The van der Waals surface area contributed by atoms with E-state index in [1.165, 1.54) is 30.5 Å². The van der Waals surface area contributed by atoms with Crippen LogP contribution in [0.2, 0.25) is 5.15 Å². The number of hydrogen-bond acceptors (Lipinski definition) is 5. The molecule has 1 fully saturated rings. The van der Waals surface area contributed by atoms with Crippen LogP contribution in [0.5, 0.6) is 0 Å². The van der Waals surface area contributed by atoms with Gasteiger partial charge < -0.3 is 9.31 Å². The summed E-state index contributed by atoms with van der Waals surface area (Å²) in [5, 5.41) is 0.350. The number of benzene rings is 2. The maximum absolute atomic E-state index is 14.2. The Morgan fingerprint density at radius 3 is 2.25 bits per heavy atom. The number of halogens is 2. The maximum atomic E-state index is 14.2. The molecule has 1 saturated heterocycles. The third-order valence-electron chi connectivity index (χ3n) is 6.93. The lowest BCUT2D eigenvalue weighted by Gasteiger charge is -2.32. The first-order valence-corrected chi connectivity index (χ1v) is 13.3. The molecule has 2 aromatic heterocycles. The monoisotopic (exact) mass is 526 g/mol. The van der Waals surface area contributed by atoms with E-state index in [1.807, 2.05) is 34.6 Å². The zero-order valence-corrected chi connectivity index (χ0v) is 22.1. The van der Waals surface area contributed by atoms with Crippen LogP contribution in [-0.2, 0) is 19.3 Å². The normalized spacial score (nSPS) is 17.1. The molecule has 3 heterocycles. The van der Waals surface area contributed by atoms with Crippen molar-refractivity contribution in [3.63, 3.8) is 0 Å². The van der Waals surface area contributed by atoms with Gasteiger partial charge in [-0.1, -0.05) is 41.4 Å². The van der Waals surface area contributed by atoms with Crippen molar-refractivity contribution in [1.82, 2.24) is 8.96 Å². The third kappa shape index (κ3) is 3.94. The van der Waals surface area contributed by atoms with Crippen LogP contribution in [0, 0.1) is 12.7 Å². The van der Waals surface area contributed by atoms with Gasteiger partial charge in [0, 0.05) is 22.6 Å². The minimum atomic E-state index is -4.11. The molecule has 0 radical (unpaired) electrons. The topological polar surface area (TPSA) is 70.4 Å². The Morgan fingerprint density at radius 1 is 1.00 bits per heavy atom. The second-order valence-electron chi connectivity index (χ2n) is 9.99. The summed E-state index contributed by atoms with van der Waals surface area (Å²) in [4.78, 5) is 4.57. The van der Waals surface area contributed by atoms with Gasteiger partial charge in [0.25, 0.3) is 10.0 Å². The molecule has 5 rings (SSSR count). The maximum Gasteiger partial charge on any atom is 0.496 e. The van der Waals surface area contributed by atoms with Gasteiger partial charge in [-0.05, 0) is 70.5 Å². The summed E-state index contributed by atoms with van der Waals surface area (Å²) in [6.07, 6.45) is 1.53. The fourth-order valence-corrected chi connectivity index (χ4v) is 6.12. The molecule has 6 nitrogen and oxygen atoms in total. The van der Waals surface area contributed by atoms with Crippen molar-refractivity contribution in [1.29, 1.82) is 0 Å². The summed E-state index contributed by atoms with van der Waals surface area (Å²) in [7, 11) is -4.83. The molecule has 0 spiro atoms. The van der Waals surface area contributed by atoms with Crippen molar-refractivity contribution < 1.29 is 22.1 Å². The van der Waals surface area contributed by atoms with Gasteiger partial charge in [-0.3, -0.25) is 0 Å². The van der Waals surface area contributed by atoms with E-state index in [4.69, 9.17) is 20.9 Å². The van der Waals surface area contributed by atoms with Gasteiger partial charge in [-0.2, -0.15) is 0 Å². The average Bonchev–Trinajstić information content (AvgIpc) is 3.21. The van der Waals surface area contributed by atoms with Gasteiger partial charge in [-0.25, -0.2) is 21.8 Å². The summed E-state index contributed by atoms with van der Waals surface area (Å²) < 4.78 is 55.0. The molecule has 36 heavy (non-hydrogen) atoms. The van der Waals surface area contributed by atoms with Gasteiger partial charge >= 0.3 is 7.12 Å². The molecule has 0 unspecified atom stereocenters. The van der Waals surface area contributed by atoms with Gasteiger partial charge in [0.05, 0.1) is 16.1 Å². The highest BCUT2D eigenvalue weighted by atomic mass is 35.5. The van der Waals surface area contributed by atoms with Gasteiger partial charge in [0.15, 0.2) is 5.65 Å². The van der Waals surface area contributed by atoms with Crippen molar-refractivity contribution in [3.05, 3.63) is 77.3 Å². The van der Waals surface area contributed by atoms with E-state index in [9.17, 15) is 12.8 Å². The molecule has 1 aliphatic rings. The fraction of sp³-hybridized carbons (Fsp3) is 0.269. The quantitative estimate of drug-likeness (QED) is 0.336. The Hall–Kier alpha value is -2.72. The highest BCUT2D eigenvalue weighted by Gasteiger charge is 2.52. The van der Waals surface area contributed by atoms with Crippen LogP contribution in [0.4, 0.5) is 4.39 Å². The lowest BCUT2D eigenvalue weighted by atomic mass is 9.79. The molecule has 1 aliphatic heterocycles. The summed E-state index contributed by atoms with van der Waals surface area (Å²) in [6.45, 7) is 9.64. The summed E-state index contributed by atoms with van der Waals surface area (Å²) in [5.74, 6) is -0.471. The SMILES string of the molecule is Cc1ccc(S(=O)(=O)n2c(Cl)c(-c3cccc(F)c3)c3cc(B4OC(C)(C)C(C)(C)O4)cnc32)cc1. The summed E-state index contributed by atoms with van der Waals surface area (Å²) in [5.41, 5.74) is 1.28. The number of aryl methyl sites for hydroxylation is 1. The predicted octanol–water partition coefficient (Wildman–Crippen LogP) is 5.34. The van der Waals surface area contributed by atoms with Crippen LogP contribution in [0.25, 0.3) is 22.2 Å². The van der Waals surface area contributed by atoms with Crippen LogP contribution in [0.15, 0.2) is 65.7 Å². The molecule has 186 valence electrons. The average molecular weight is 527 g/mol. The van der Waals surface area contributed by atoms with Crippen LogP contribution < -0.4 is 5.46 Å². The molecule has 0 saturated carbocycles.